The monoisotopic (exact) mass is 338 g/mol. The first-order valence-electron chi connectivity index (χ1n) is 6.25. The molecule has 1 aliphatic rings. The van der Waals surface area contributed by atoms with E-state index >= 15 is 0 Å². The molecule has 0 amide bonds. The molecule has 0 saturated heterocycles. The van der Waals surface area contributed by atoms with Gasteiger partial charge in [-0.05, 0) is 47.1 Å². The minimum absolute atomic E-state index is 0.511. The first-order valence-corrected chi connectivity index (χ1v) is 7.92. The molecule has 100 valence electrons. The van der Waals surface area contributed by atoms with Crippen LogP contribution in [0.3, 0.4) is 0 Å². The van der Waals surface area contributed by atoms with E-state index in [1.54, 1.807) is 11.3 Å². The number of thiophene rings is 1. The zero-order chi connectivity index (χ0) is 13.4. The van der Waals surface area contributed by atoms with Crippen LogP contribution in [-0.4, -0.2) is 9.97 Å². The molecule has 2 heterocycles. The quantitative estimate of drug-likeness (QED) is 0.892. The topological polar surface area (TPSA) is 63.8 Å². The smallest absolute Gasteiger partial charge is 0.136 e. The lowest BCUT2D eigenvalue weighted by atomic mass is 10.3. The third kappa shape index (κ3) is 2.74. The van der Waals surface area contributed by atoms with Crippen LogP contribution in [0, 0.1) is 6.92 Å². The Labute approximate surface area is 124 Å². The molecule has 2 aromatic rings. The van der Waals surface area contributed by atoms with Crippen LogP contribution in [0.15, 0.2) is 15.9 Å². The average molecular weight is 339 g/mol. The summed E-state index contributed by atoms with van der Waals surface area (Å²) in [5.41, 5.74) is 6.90. The molecule has 1 aliphatic carbocycles. The summed E-state index contributed by atoms with van der Waals surface area (Å²) in [6.45, 7) is 2.71. The molecule has 0 spiro atoms. The molecule has 19 heavy (non-hydrogen) atoms. The molecule has 0 aromatic carbocycles. The van der Waals surface area contributed by atoms with Crippen molar-refractivity contribution in [2.45, 2.75) is 32.2 Å². The summed E-state index contributed by atoms with van der Waals surface area (Å²) < 4.78 is 1.13. The van der Waals surface area contributed by atoms with Gasteiger partial charge < -0.3 is 11.1 Å². The SMILES string of the molecule is Cc1c(N)nc(C2CC2)nc1NCc1sccc1Br. The minimum atomic E-state index is 0.511. The summed E-state index contributed by atoms with van der Waals surface area (Å²) in [4.78, 5) is 10.2. The highest BCUT2D eigenvalue weighted by Gasteiger charge is 2.27. The van der Waals surface area contributed by atoms with Gasteiger partial charge in [0.15, 0.2) is 0 Å². The molecule has 6 heteroatoms. The van der Waals surface area contributed by atoms with Crippen molar-refractivity contribution in [3.63, 3.8) is 0 Å². The van der Waals surface area contributed by atoms with Gasteiger partial charge in [-0.3, -0.25) is 0 Å². The van der Waals surface area contributed by atoms with Crippen molar-refractivity contribution >= 4 is 38.9 Å². The van der Waals surface area contributed by atoms with Crippen LogP contribution < -0.4 is 11.1 Å². The second-order valence-corrected chi connectivity index (χ2v) is 6.62. The van der Waals surface area contributed by atoms with E-state index in [0.717, 1.165) is 28.2 Å². The van der Waals surface area contributed by atoms with E-state index in [0.29, 0.717) is 11.7 Å². The van der Waals surface area contributed by atoms with E-state index in [4.69, 9.17) is 5.73 Å². The molecule has 0 bridgehead atoms. The number of rotatable bonds is 4. The number of nitrogen functional groups attached to an aromatic ring is 1. The summed E-state index contributed by atoms with van der Waals surface area (Å²) in [6.07, 6.45) is 2.36. The highest BCUT2D eigenvalue weighted by Crippen LogP contribution is 2.39. The number of anilines is 2. The molecule has 0 aliphatic heterocycles. The Hall–Kier alpha value is -1.14. The lowest BCUT2D eigenvalue weighted by molar-refractivity contribution is 0.918. The predicted octanol–water partition coefficient (Wildman–Crippen LogP) is 3.68. The summed E-state index contributed by atoms with van der Waals surface area (Å²) in [7, 11) is 0. The Morgan fingerprint density at radius 2 is 2.26 bits per heavy atom. The molecular weight excluding hydrogens is 324 g/mol. The number of aromatic nitrogens is 2. The summed E-state index contributed by atoms with van der Waals surface area (Å²) >= 11 is 5.25. The predicted molar refractivity (Wildman–Crippen MR) is 82.5 cm³/mol. The minimum Gasteiger partial charge on any atom is -0.383 e. The van der Waals surface area contributed by atoms with Crippen molar-refractivity contribution in [2.75, 3.05) is 11.1 Å². The van der Waals surface area contributed by atoms with Crippen LogP contribution in [0.25, 0.3) is 0 Å². The van der Waals surface area contributed by atoms with Crippen molar-refractivity contribution < 1.29 is 0 Å². The van der Waals surface area contributed by atoms with Gasteiger partial charge in [0.2, 0.25) is 0 Å². The zero-order valence-electron chi connectivity index (χ0n) is 10.6. The maximum Gasteiger partial charge on any atom is 0.136 e. The van der Waals surface area contributed by atoms with Crippen LogP contribution in [0.1, 0.15) is 35.0 Å². The van der Waals surface area contributed by atoms with Gasteiger partial charge >= 0.3 is 0 Å². The third-order valence-corrected chi connectivity index (χ3v) is 5.18. The molecule has 3 N–H and O–H groups in total. The van der Waals surface area contributed by atoms with Gasteiger partial charge in [0.05, 0.1) is 6.54 Å². The maximum absolute atomic E-state index is 5.97. The van der Waals surface area contributed by atoms with E-state index < -0.39 is 0 Å². The first kappa shape index (κ1) is 12.9. The molecule has 1 fully saturated rings. The Balaban J connectivity index is 1.81. The molecule has 4 nitrogen and oxygen atoms in total. The summed E-state index contributed by atoms with van der Waals surface area (Å²) in [6, 6.07) is 2.05. The Morgan fingerprint density at radius 3 is 2.89 bits per heavy atom. The van der Waals surface area contributed by atoms with Gasteiger partial charge in [-0.1, -0.05) is 0 Å². The molecule has 1 saturated carbocycles. The van der Waals surface area contributed by atoms with Crippen LogP contribution in [0.2, 0.25) is 0 Å². The fourth-order valence-electron chi connectivity index (χ4n) is 1.86. The number of hydrogen-bond donors (Lipinski definition) is 2. The van der Waals surface area contributed by atoms with E-state index in [9.17, 15) is 0 Å². The second-order valence-electron chi connectivity index (χ2n) is 4.76. The molecule has 3 rings (SSSR count). The second kappa shape index (κ2) is 5.09. The third-order valence-electron chi connectivity index (χ3n) is 3.25. The van der Waals surface area contributed by atoms with Gasteiger partial charge in [0.1, 0.15) is 17.5 Å². The van der Waals surface area contributed by atoms with E-state index in [2.05, 4.69) is 42.7 Å². The van der Waals surface area contributed by atoms with Crippen LogP contribution in [0.5, 0.6) is 0 Å². The number of nitrogens with one attached hydrogen (secondary N) is 1. The van der Waals surface area contributed by atoms with Crippen molar-refractivity contribution in [3.8, 4) is 0 Å². The van der Waals surface area contributed by atoms with E-state index in [-0.39, 0.29) is 0 Å². The lowest BCUT2D eigenvalue weighted by Crippen LogP contribution is -2.09. The van der Waals surface area contributed by atoms with Crippen LogP contribution in [-0.2, 0) is 6.54 Å². The van der Waals surface area contributed by atoms with Crippen molar-refractivity contribution in [1.82, 2.24) is 9.97 Å². The fourth-order valence-corrected chi connectivity index (χ4v) is 3.30. The largest absolute Gasteiger partial charge is 0.383 e. The molecule has 0 unspecified atom stereocenters. The van der Waals surface area contributed by atoms with Gasteiger partial charge in [-0.15, -0.1) is 11.3 Å². The number of halogens is 1. The number of nitrogens with two attached hydrogens (primary N) is 1. The van der Waals surface area contributed by atoms with Gasteiger partial charge in [0, 0.05) is 20.8 Å². The molecule has 0 radical (unpaired) electrons. The van der Waals surface area contributed by atoms with Crippen molar-refractivity contribution in [1.29, 1.82) is 0 Å². The van der Waals surface area contributed by atoms with Gasteiger partial charge in [0.25, 0.3) is 0 Å². The number of nitrogens with zero attached hydrogens (tertiary/aromatic N) is 2. The van der Waals surface area contributed by atoms with Crippen LogP contribution in [0.4, 0.5) is 11.6 Å². The maximum atomic E-state index is 5.97. The van der Waals surface area contributed by atoms with E-state index in [1.165, 1.54) is 17.7 Å². The van der Waals surface area contributed by atoms with Crippen LogP contribution >= 0.6 is 27.3 Å². The highest BCUT2D eigenvalue weighted by molar-refractivity contribution is 9.10. The Kier molecular flexibility index (Phi) is 3.45. The Morgan fingerprint density at radius 1 is 1.47 bits per heavy atom. The molecule has 2 aromatic heterocycles. The average Bonchev–Trinajstić information content (AvgIpc) is 3.15. The highest BCUT2D eigenvalue weighted by atomic mass is 79.9. The summed E-state index contributed by atoms with van der Waals surface area (Å²) in [5.74, 6) is 2.84. The number of hydrogen-bond acceptors (Lipinski definition) is 5. The summed E-state index contributed by atoms with van der Waals surface area (Å²) in [5, 5.41) is 5.44. The van der Waals surface area contributed by atoms with Gasteiger partial charge in [-0.2, -0.15) is 0 Å². The lowest BCUT2D eigenvalue weighted by Gasteiger charge is -2.11. The first-order chi connectivity index (χ1) is 9.15. The van der Waals surface area contributed by atoms with Crippen molar-refractivity contribution in [2.24, 2.45) is 0 Å². The van der Waals surface area contributed by atoms with E-state index in [1.807, 2.05) is 6.92 Å². The molecule has 0 atom stereocenters. The Bertz CT molecular complexity index is 607. The zero-order valence-corrected chi connectivity index (χ0v) is 13.0. The molecular formula is C13H15BrN4S. The van der Waals surface area contributed by atoms with Gasteiger partial charge in [-0.25, -0.2) is 9.97 Å². The fraction of sp³-hybridized carbons (Fsp3) is 0.385. The standard InChI is InChI=1S/C13H15BrN4S/c1-7-11(15)17-13(8-2-3-8)18-12(7)16-6-10-9(14)4-5-19-10/h4-5,8H,2-3,6H2,1H3,(H3,15,16,17,18). The normalized spacial score (nSPS) is 14.6. The van der Waals surface area contributed by atoms with Crippen molar-refractivity contribution in [3.05, 3.63) is 32.2 Å².